The van der Waals surface area contributed by atoms with Crippen LogP contribution < -0.4 is 15.4 Å². The third kappa shape index (κ3) is 7.32. The maximum Gasteiger partial charge on any atom is 0.311 e. The molecule has 11 heteroatoms. The second-order valence-corrected chi connectivity index (χ2v) is 9.88. The van der Waals surface area contributed by atoms with Gasteiger partial charge in [0.2, 0.25) is 17.6 Å². The number of nitro benzene ring substituents is 1. The summed E-state index contributed by atoms with van der Waals surface area (Å²) in [6.07, 6.45) is 5.64. The number of nitro groups is 1. The lowest BCUT2D eigenvalue weighted by Gasteiger charge is -2.31. The Morgan fingerprint density at radius 2 is 1.92 bits per heavy atom. The first-order valence-corrected chi connectivity index (χ1v) is 13.3. The van der Waals surface area contributed by atoms with Crippen LogP contribution in [0.15, 0.2) is 42.5 Å². The largest absolute Gasteiger partial charge is 0.450 e. The number of benzene rings is 2. The molecule has 0 spiro atoms. The summed E-state index contributed by atoms with van der Waals surface area (Å²) in [5, 5.41) is 17.3. The molecule has 1 heterocycles. The van der Waals surface area contributed by atoms with Gasteiger partial charge in [0, 0.05) is 43.8 Å². The summed E-state index contributed by atoms with van der Waals surface area (Å²) in [5.74, 6) is -1.01. The van der Waals surface area contributed by atoms with Gasteiger partial charge in [-0.1, -0.05) is 37.8 Å². The molecule has 4 rings (SSSR count). The van der Waals surface area contributed by atoms with Crippen molar-refractivity contribution in [3.8, 4) is 11.5 Å². The van der Waals surface area contributed by atoms with Crippen LogP contribution in [0.4, 0.5) is 5.69 Å². The average molecular weight is 539 g/mol. The van der Waals surface area contributed by atoms with Crippen molar-refractivity contribution in [1.82, 2.24) is 15.5 Å². The minimum atomic E-state index is -0.911. The van der Waals surface area contributed by atoms with E-state index in [9.17, 15) is 24.5 Å². The molecular weight excluding hydrogens is 504 g/mol. The number of ether oxygens (including phenoxy) is 2. The second kappa shape index (κ2) is 13.2. The minimum absolute atomic E-state index is 0.0702. The third-order valence-corrected chi connectivity index (χ3v) is 7.07. The Labute approximate surface area is 227 Å². The van der Waals surface area contributed by atoms with Crippen LogP contribution in [-0.2, 0) is 20.7 Å². The molecule has 11 nitrogen and oxygen atoms in total. The Morgan fingerprint density at radius 3 is 2.64 bits per heavy atom. The predicted molar refractivity (Wildman–Crippen MR) is 143 cm³/mol. The lowest BCUT2D eigenvalue weighted by Crippen LogP contribution is -2.53. The molecular formula is C28H34N4O7. The highest BCUT2D eigenvalue weighted by Crippen LogP contribution is 2.34. The highest BCUT2D eigenvalue weighted by atomic mass is 16.6. The summed E-state index contributed by atoms with van der Waals surface area (Å²) in [4.78, 5) is 52.9. The summed E-state index contributed by atoms with van der Waals surface area (Å²) in [5.41, 5.74) is 0.597. The summed E-state index contributed by atoms with van der Waals surface area (Å²) >= 11 is 0. The van der Waals surface area contributed by atoms with Gasteiger partial charge in [-0.05, 0) is 36.6 Å². The van der Waals surface area contributed by atoms with Crippen LogP contribution in [-0.4, -0.2) is 66.4 Å². The fraction of sp³-hybridized carbons (Fsp3) is 0.464. The Bertz CT molecular complexity index is 1210. The van der Waals surface area contributed by atoms with Crippen molar-refractivity contribution in [2.24, 2.45) is 0 Å². The number of methoxy groups -OCH3 is 1. The molecule has 0 aromatic heterocycles. The first-order chi connectivity index (χ1) is 18.9. The van der Waals surface area contributed by atoms with Gasteiger partial charge in [-0.15, -0.1) is 0 Å². The molecule has 1 aliphatic heterocycles. The van der Waals surface area contributed by atoms with Crippen LogP contribution in [0, 0.1) is 10.1 Å². The Balaban J connectivity index is 1.75. The van der Waals surface area contributed by atoms with Gasteiger partial charge < -0.3 is 25.0 Å². The van der Waals surface area contributed by atoms with E-state index in [4.69, 9.17) is 9.47 Å². The molecule has 2 aromatic carbocycles. The molecule has 3 amide bonds. The van der Waals surface area contributed by atoms with E-state index < -0.39 is 22.8 Å². The molecule has 1 aliphatic carbocycles. The summed E-state index contributed by atoms with van der Waals surface area (Å²) in [6.45, 7) is 0.352. The van der Waals surface area contributed by atoms with E-state index >= 15 is 0 Å². The van der Waals surface area contributed by atoms with Gasteiger partial charge in [0.25, 0.3) is 5.91 Å². The topological polar surface area (TPSA) is 140 Å². The van der Waals surface area contributed by atoms with Gasteiger partial charge >= 0.3 is 5.69 Å². The first kappa shape index (κ1) is 28.0. The molecule has 1 atom stereocenters. The maximum atomic E-state index is 13.8. The lowest BCUT2D eigenvalue weighted by molar-refractivity contribution is -0.385. The fourth-order valence-electron chi connectivity index (χ4n) is 5.08. The molecule has 1 unspecified atom stereocenters. The number of nitrogens with one attached hydrogen (secondary N) is 2. The number of hydrogen-bond donors (Lipinski definition) is 2. The van der Waals surface area contributed by atoms with E-state index in [-0.39, 0.29) is 48.5 Å². The van der Waals surface area contributed by atoms with E-state index in [1.165, 1.54) is 30.2 Å². The van der Waals surface area contributed by atoms with Gasteiger partial charge in [-0.3, -0.25) is 24.5 Å². The van der Waals surface area contributed by atoms with Crippen LogP contribution in [0.25, 0.3) is 0 Å². The lowest BCUT2D eigenvalue weighted by atomic mass is 10.0. The number of fused-ring (bicyclic) bond motifs is 4. The monoisotopic (exact) mass is 538 g/mol. The van der Waals surface area contributed by atoms with Crippen molar-refractivity contribution >= 4 is 23.4 Å². The molecule has 0 radical (unpaired) electrons. The number of hydrogen-bond acceptors (Lipinski definition) is 7. The fourth-order valence-corrected chi connectivity index (χ4v) is 5.08. The predicted octanol–water partition coefficient (Wildman–Crippen LogP) is 3.36. The zero-order valence-electron chi connectivity index (χ0n) is 22.0. The normalized spacial score (nSPS) is 18.8. The Hall–Kier alpha value is -3.99. The number of rotatable bonds is 6. The van der Waals surface area contributed by atoms with Crippen molar-refractivity contribution in [3.63, 3.8) is 0 Å². The van der Waals surface area contributed by atoms with Gasteiger partial charge in [-0.25, -0.2) is 0 Å². The molecule has 2 N–H and O–H groups in total. The third-order valence-electron chi connectivity index (χ3n) is 7.07. The van der Waals surface area contributed by atoms with Crippen LogP contribution in [0.1, 0.15) is 54.4 Å². The van der Waals surface area contributed by atoms with Crippen LogP contribution in [0.5, 0.6) is 11.5 Å². The molecule has 2 aliphatic rings. The van der Waals surface area contributed by atoms with Gasteiger partial charge in [-0.2, -0.15) is 0 Å². The maximum absolute atomic E-state index is 13.8. The first-order valence-electron chi connectivity index (χ1n) is 13.3. The summed E-state index contributed by atoms with van der Waals surface area (Å²) < 4.78 is 10.9. The van der Waals surface area contributed by atoms with Gasteiger partial charge in [0.15, 0.2) is 0 Å². The molecule has 4 bridgehead atoms. The van der Waals surface area contributed by atoms with Gasteiger partial charge in [0.05, 0.1) is 11.5 Å². The molecule has 208 valence electrons. The summed E-state index contributed by atoms with van der Waals surface area (Å²) in [7, 11) is 1.53. The Morgan fingerprint density at radius 1 is 1.15 bits per heavy atom. The zero-order chi connectivity index (χ0) is 27.8. The number of amides is 3. The zero-order valence-corrected chi connectivity index (χ0v) is 22.0. The van der Waals surface area contributed by atoms with E-state index in [2.05, 4.69) is 10.6 Å². The van der Waals surface area contributed by atoms with Crippen LogP contribution in [0.3, 0.4) is 0 Å². The minimum Gasteiger partial charge on any atom is -0.450 e. The van der Waals surface area contributed by atoms with E-state index in [0.717, 1.165) is 38.5 Å². The van der Waals surface area contributed by atoms with Crippen molar-refractivity contribution in [3.05, 3.63) is 63.7 Å². The van der Waals surface area contributed by atoms with Crippen molar-refractivity contribution in [1.29, 1.82) is 0 Å². The molecule has 1 saturated carbocycles. The average Bonchev–Trinajstić information content (AvgIpc) is 3.20. The van der Waals surface area contributed by atoms with Crippen molar-refractivity contribution in [2.45, 2.75) is 57.0 Å². The number of carbonyl (C=O) groups is 3. The van der Waals surface area contributed by atoms with Crippen molar-refractivity contribution in [2.75, 3.05) is 26.8 Å². The van der Waals surface area contributed by atoms with Gasteiger partial charge in [0.1, 0.15) is 18.3 Å². The van der Waals surface area contributed by atoms with Crippen LogP contribution >= 0.6 is 0 Å². The SMILES string of the molecule is COCCNC(=O)C1Cc2cccc(c2)Oc2cc(ccc2[N+](=O)[O-])C(=O)N(C2CCCCCC2)CC(=O)N1. The summed E-state index contributed by atoms with van der Waals surface area (Å²) in [6, 6.07) is 9.71. The highest BCUT2D eigenvalue weighted by Gasteiger charge is 2.31. The number of nitrogens with zero attached hydrogens (tertiary/aromatic N) is 2. The molecule has 39 heavy (non-hydrogen) atoms. The number of carbonyl (C=O) groups excluding carboxylic acids is 3. The quantitative estimate of drug-likeness (QED) is 0.249. The van der Waals surface area contributed by atoms with E-state index in [1.54, 1.807) is 24.3 Å². The van der Waals surface area contributed by atoms with Crippen LogP contribution in [0.2, 0.25) is 0 Å². The highest BCUT2D eigenvalue weighted by molar-refractivity contribution is 5.98. The van der Waals surface area contributed by atoms with E-state index in [1.807, 2.05) is 0 Å². The second-order valence-electron chi connectivity index (χ2n) is 9.88. The smallest absolute Gasteiger partial charge is 0.311 e. The van der Waals surface area contributed by atoms with E-state index in [0.29, 0.717) is 17.9 Å². The molecule has 2 aromatic rings. The van der Waals surface area contributed by atoms with Crippen molar-refractivity contribution < 1.29 is 28.8 Å². The molecule has 1 fully saturated rings. The standard InChI is InChI=1S/C28H34N4O7/c1-38-14-13-29-27(34)23-16-19-7-6-10-22(15-19)39-25-17-20(11-12-24(25)32(36)37)28(35)31(18-26(33)30-23)21-8-4-2-3-5-9-21/h6-7,10-12,15,17,21,23H,2-5,8-9,13-14,16,18H2,1H3,(H,29,34)(H,30,33). The molecule has 0 saturated heterocycles. The Kier molecular flexibility index (Phi) is 9.48.